The third kappa shape index (κ3) is 3.83. The number of benzene rings is 1. The molecule has 2 amide bonds. The molecule has 0 saturated carbocycles. The molecule has 0 radical (unpaired) electrons. The summed E-state index contributed by atoms with van der Waals surface area (Å²) in [6, 6.07) is 7.62. The molecule has 0 unspecified atom stereocenters. The highest BCUT2D eigenvalue weighted by molar-refractivity contribution is 9.10. The first-order chi connectivity index (χ1) is 11.1. The van der Waals surface area contributed by atoms with Crippen LogP contribution >= 0.6 is 15.9 Å². The molecule has 0 spiro atoms. The number of rotatable bonds is 4. The zero-order valence-electron chi connectivity index (χ0n) is 13.0. The number of allylic oxidation sites excluding steroid dienone is 2. The third-order valence-corrected chi connectivity index (χ3v) is 5.25. The summed E-state index contributed by atoms with van der Waals surface area (Å²) in [5.41, 5.74) is 0.838. The molecule has 4 nitrogen and oxygen atoms in total. The van der Waals surface area contributed by atoms with Crippen molar-refractivity contribution < 1.29 is 9.59 Å². The minimum absolute atomic E-state index is 0.00227. The lowest BCUT2D eigenvalue weighted by Gasteiger charge is -2.20. The van der Waals surface area contributed by atoms with Crippen LogP contribution in [-0.4, -0.2) is 24.9 Å². The lowest BCUT2D eigenvalue weighted by molar-refractivity contribution is -0.126. The SMILES string of the molecule is O=C(NC[C@H]1CC=CCC1)[C@@H]1CC(=O)N(c2ccccc2Br)C1. The Morgan fingerprint density at radius 1 is 1.30 bits per heavy atom. The summed E-state index contributed by atoms with van der Waals surface area (Å²) in [6.45, 7) is 1.17. The van der Waals surface area contributed by atoms with E-state index < -0.39 is 0 Å². The average Bonchev–Trinajstić information content (AvgIpc) is 2.96. The molecule has 1 aliphatic carbocycles. The highest BCUT2D eigenvalue weighted by Crippen LogP contribution is 2.31. The number of halogens is 1. The monoisotopic (exact) mass is 376 g/mol. The van der Waals surface area contributed by atoms with Crippen molar-refractivity contribution >= 4 is 33.4 Å². The summed E-state index contributed by atoms with van der Waals surface area (Å²) in [5.74, 6) is 0.286. The van der Waals surface area contributed by atoms with Crippen molar-refractivity contribution in [3.05, 3.63) is 40.9 Å². The predicted octanol–water partition coefficient (Wildman–Crippen LogP) is 3.27. The van der Waals surface area contributed by atoms with E-state index in [1.807, 2.05) is 24.3 Å². The Morgan fingerprint density at radius 3 is 2.87 bits per heavy atom. The topological polar surface area (TPSA) is 49.4 Å². The van der Waals surface area contributed by atoms with E-state index in [1.54, 1.807) is 4.90 Å². The van der Waals surface area contributed by atoms with E-state index in [2.05, 4.69) is 33.4 Å². The summed E-state index contributed by atoms with van der Waals surface area (Å²) in [5, 5.41) is 3.04. The summed E-state index contributed by atoms with van der Waals surface area (Å²) in [7, 11) is 0. The molecule has 3 rings (SSSR count). The zero-order chi connectivity index (χ0) is 16.2. The minimum atomic E-state index is -0.256. The Hall–Kier alpha value is -1.62. The van der Waals surface area contributed by atoms with Gasteiger partial charge in [0.1, 0.15) is 0 Å². The van der Waals surface area contributed by atoms with Crippen molar-refractivity contribution in [2.45, 2.75) is 25.7 Å². The predicted molar refractivity (Wildman–Crippen MR) is 94.1 cm³/mol. The maximum absolute atomic E-state index is 12.4. The highest BCUT2D eigenvalue weighted by atomic mass is 79.9. The third-order valence-electron chi connectivity index (χ3n) is 4.58. The fraction of sp³-hybridized carbons (Fsp3) is 0.444. The molecule has 5 heteroatoms. The van der Waals surface area contributed by atoms with E-state index in [0.717, 1.165) is 29.4 Å². The van der Waals surface area contributed by atoms with Crippen LogP contribution in [0.1, 0.15) is 25.7 Å². The lowest BCUT2D eigenvalue weighted by Crippen LogP contribution is -2.36. The number of hydrogen-bond acceptors (Lipinski definition) is 2. The van der Waals surface area contributed by atoms with Crippen LogP contribution in [0.3, 0.4) is 0 Å². The number of anilines is 1. The molecule has 0 aromatic heterocycles. The molecule has 1 saturated heterocycles. The second kappa shape index (κ2) is 7.30. The van der Waals surface area contributed by atoms with Crippen LogP contribution in [0, 0.1) is 11.8 Å². The van der Waals surface area contributed by atoms with Gasteiger partial charge in [0.05, 0.1) is 11.6 Å². The van der Waals surface area contributed by atoms with Crippen molar-refractivity contribution in [1.82, 2.24) is 5.32 Å². The molecule has 1 aromatic carbocycles. The Morgan fingerprint density at radius 2 is 2.13 bits per heavy atom. The molecule has 2 aliphatic rings. The van der Waals surface area contributed by atoms with Crippen molar-refractivity contribution in [3.63, 3.8) is 0 Å². The van der Waals surface area contributed by atoms with Gasteiger partial charge >= 0.3 is 0 Å². The number of amides is 2. The molecule has 1 aromatic rings. The van der Waals surface area contributed by atoms with Gasteiger partial charge < -0.3 is 10.2 Å². The zero-order valence-corrected chi connectivity index (χ0v) is 14.6. The largest absolute Gasteiger partial charge is 0.356 e. The summed E-state index contributed by atoms with van der Waals surface area (Å²) in [6.07, 6.45) is 7.93. The molecular formula is C18H21BrN2O2. The van der Waals surface area contributed by atoms with Crippen LogP contribution in [-0.2, 0) is 9.59 Å². The van der Waals surface area contributed by atoms with Gasteiger partial charge in [0.15, 0.2) is 0 Å². The average molecular weight is 377 g/mol. The second-order valence-corrected chi connectivity index (χ2v) is 7.11. The molecule has 2 atom stereocenters. The molecule has 1 heterocycles. The van der Waals surface area contributed by atoms with Gasteiger partial charge in [-0.05, 0) is 53.2 Å². The Balaban J connectivity index is 1.57. The van der Waals surface area contributed by atoms with Crippen molar-refractivity contribution in [2.75, 3.05) is 18.0 Å². The number of carbonyl (C=O) groups is 2. The summed E-state index contributed by atoms with van der Waals surface area (Å²) < 4.78 is 0.878. The number of hydrogen-bond donors (Lipinski definition) is 1. The maximum atomic E-state index is 12.4. The van der Waals surface area contributed by atoms with Crippen LogP contribution in [0.4, 0.5) is 5.69 Å². The molecule has 122 valence electrons. The van der Waals surface area contributed by atoms with E-state index in [1.165, 1.54) is 0 Å². The smallest absolute Gasteiger partial charge is 0.227 e. The quantitative estimate of drug-likeness (QED) is 0.819. The first-order valence-corrected chi connectivity index (χ1v) is 8.92. The number of nitrogens with zero attached hydrogens (tertiary/aromatic N) is 1. The Bertz CT molecular complexity index is 629. The standard InChI is InChI=1S/C18H21BrN2O2/c19-15-8-4-5-9-16(15)21-12-14(10-17(21)22)18(23)20-11-13-6-2-1-3-7-13/h1-2,4-5,8-9,13-14H,3,6-7,10-12H2,(H,20,23)/t13-,14+/m0/s1. The fourth-order valence-corrected chi connectivity index (χ4v) is 3.72. The van der Waals surface area contributed by atoms with E-state index in [-0.39, 0.29) is 24.2 Å². The van der Waals surface area contributed by atoms with Crippen LogP contribution in [0.15, 0.2) is 40.9 Å². The number of carbonyl (C=O) groups excluding carboxylic acids is 2. The van der Waals surface area contributed by atoms with Crippen molar-refractivity contribution in [1.29, 1.82) is 0 Å². The molecule has 23 heavy (non-hydrogen) atoms. The van der Waals surface area contributed by atoms with E-state index in [9.17, 15) is 9.59 Å². The van der Waals surface area contributed by atoms with Gasteiger partial charge in [-0.2, -0.15) is 0 Å². The van der Waals surface area contributed by atoms with Gasteiger partial charge in [-0.15, -0.1) is 0 Å². The van der Waals surface area contributed by atoms with Crippen LogP contribution in [0.5, 0.6) is 0 Å². The summed E-state index contributed by atoms with van der Waals surface area (Å²) in [4.78, 5) is 26.3. The molecular weight excluding hydrogens is 356 g/mol. The van der Waals surface area contributed by atoms with Crippen molar-refractivity contribution in [2.24, 2.45) is 11.8 Å². The van der Waals surface area contributed by atoms with E-state index >= 15 is 0 Å². The van der Waals surface area contributed by atoms with Crippen LogP contribution in [0.2, 0.25) is 0 Å². The fourth-order valence-electron chi connectivity index (χ4n) is 3.22. The van der Waals surface area contributed by atoms with Crippen molar-refractivity contribution in [3.8, 4) is 0 Å². The normalized spacial score (nSPS) is 24.0. The molecule has 1 fully saturated rings. The first-order valence-electron chi connectivity index (χ1n) is 8.12. The van der Waals surface area contributed by atoms with Crippen LogP contribution < -0.4 is 10.2 Å². The van der Waals surface area contributed by atoms with E-state index in [0.29, 0.717) is 19.0 Å². The van der Waals surface area contributed by atoms with Gasteiger partial charge in [-0.1, -0.05) is 24.3 Å². The number of para-hydroxylation sites is 1. The minimum Gasteiger partial charge on any atom is -0.356 e. The van der Waals surface area contributed by atoms with Gasteiger partial charge in [0, 0.05) is 24.0 Å². The first kappa shape index (κ1) is 16.2. The Labute approximate surface area is 145 Å². The van der Waals surface area contributed by atoms with Gasteiger partial charge in [-0.3, -0.25) is 9.59 Å². The van der Waals surface area contributed by atoms with Gasteiger partial charge in [-0.25, -0.2) is 0 Å². The van der Waals surface area contributed by atoms with E-state index in [4.69, 9.17) is 0 Å². The van der Waals surface area contributed by atoms with Crippen LogP contribution in [0.25, 0.3) is 0 Å². The second-order valence-electron chi connectivity index (χ2n) is 6.25. The molecule has 1 N–H and O–H groups in total. The maximum Gasteiger partial charge on any atom is 0.227 e. The Kier molecular flexibility index (Phi) is 5.16. The highest BCUT2D eigenvalue weighted by Gasteiger charge is 2.35. The molecule has 1 aliphatic heterocycles. The molecule has 0 bridgehead atoms. The number of nitrogens with one attached hydrogen (secondary N) is 1. The van der Waals surface area contributed by atoms with Gasteiger partial charge in [0.2, 0.25) is 11.8 Å². The lowest BCUT2D eigenvalue weighted by atomic mass is 9.94. The van der Waals surface area contributed by atoms with Gasteiger partial charge in [0.25, 0.3) is 0 Å². The summed E-state index contributed by atoms with van der Waals surface area (Å²) >= 11 is 3.47.